The summed E-state index contributed by atoms with van der Waals surface area (Å²) in [5, 5.41) is 10.3. The summed E-state index contributed by atoms with van der Waals surface area (Å²) in [6.07, 6.45) is 2.55. The Balaban J connectivity index is 0.000000605. The van der Waals surface area contributed by atoms with Gasteiger partial charge in [0.2, 0.25) is 12.2 Å². The second-order valence-corrected chi connectivity index (χ2v) is 1.54. The summed E-state index contributed by atoms with van der Waals surface area (Å²) in [6.45, 7) is 0. The fraction of sp³-hybridized carbons (Fsp3) is 0. The molecule has 0 saturated heterocycles. The topological polar surface area (TPSA) is 77.8 Å². The van der Waals surface area contributed by atoms with E-state index in [1.807, 2.05) is 0 Å². The molecule has 7 heteroatoms. The fourth-order valence-electron chi connectivity index (χ4n) is 0.545. The zero-order chi connectivity index (χ0) is 6.81. The normalized spacial score (nSPS) is 9.09. The van der Waals surface area contributed by atoms with Crippen LogP contribution < -0.4 is 12.4 Å². The predicted octanol–water partition coefficient (Wildman–Crippen LogP) is -2.88. The average molecular weight is 174 g/mol. The number of nitrogens with zero attached hydrogens (tertiary/aromatic N) is 4. The highest BCUT2D eigenvalue weighted by molar-refractivity contribution is 5.43. The van der Waals surface area contributed by atoms with Crippen LogP contribution >= 0.6 is 0 Å². The van der Waals surface area contributed by atoms with Crippen LogP contribution in [0.4, 0.5) is 0 Å². The highest BCUT2D eigenvalue weighted by atomic mass is 35.5. The van der Waals surface area contributed by atoms with Crippen LogP contribution in [-0.4, -0.2) is 20.5 Å². The van der Waals surface area contributed by atoms with Crippen molar-refractivity contribution in [3.63, 3.8) is 0 Å². The van der Waals surface area contributed by atoms with Crippen molar-refractivity contribution < 1.29 is 21.5 Å². The molecule has 0 unspecified atom stereocenters. The molecule has 0 aliphatic carbocycles. The molecule has 0 aromatic carbocycles. The lowest BCUT2D eigenvalue weighted by molar-refractivity contribution is -0.00000295. The largest absolute Gasteiger partial charge is 1.00 e. The van der Waals surface area contributed by atoms with E-state index in [0.29, 0.717) is 11.5 Å². The Morgan fingerprint density at radius 3 is 2.73 bits per heavy atom. The first-order valence-electron chi connectivity index (χ1n) is 2.50. The van der Waals surface area contributed by atoms with Crippen molar-refractivity contribution in [2.75, 3.05) is 0 Å². The summed E-state index contributed by atoms with van der Waals surface area (Å²) >= 11 is 0. The number of hydrogen-bond donors (Lipinski definition) is 0. The third-order valence-corrected chi connectivity index (χ3v) is 0.950. The number of rotatable bonds is 1. The standard InChI is InChI=1S/C4H2N4O2.ClH/c1-3(6-8-9-1)4-5-2-10-7-4;/h1-2H;1H/p-1. The van der Waals surface area contributed by atoms with E-state index in [2.05, 4.69) is 29.6 Å². The Hall–Kier alpha value is -1.43. The molecule has 0 saturated carbocycles. The van der Waals surface area contributed by atoms with Gasteiger partial charge < -0.3 is 21.5 Å². The summed E-state index contributed by atoms with van der Waals surface area (Å²) in [7, 11) is 0. The lowest BCUT2D eigenvalue weighted by atomic mass is 10.5. The van der Waals surface area contributed by atoms with E-state index in [0.717, 1.165) is 0 Å². The van der Waals surface area contributed by atoms with Crippen LogP contribution in [0.3, 0.4) is 0 Å². The van der Waals surface area contributed by atoms with Crippen molar-refractivity contribution in [3.05, 3.63) is 12.7 Å². The lowest BCUT2D eigenvalue weighted by Gasteiger charge is -1.74. The maximum Gasteiger partial charge on any atom is 0.226 e. The zero-order valence-corrected chi connectivity index (χ0v) is 5.89. The zero-order valence-electron chi connectivity index (χ0n) is 5.14. The number of aromatic nitrogens is 4. The van der Waals surface area contributed by atoms with Gasteiger partial charge in [-0.15, -0.1) is 5.10 Å². The Morgan fingerprint density at radius 1 is 1.27 bits per heavy atom. The second kappa shape index (κ2) is 3.11. The van der Waals surface area contributed by atoms with Crippen molar-refractivity contribution in [1.29, 1.82) is 0 Å². The van der Waals surface area contributed by atoms with Crippen molar-refractivity contribution in [2.45, 2.75) is 0 Å². The van der Waals surface area contributed by atoms with Crippen molar-refractivity contribution >= 4 is 0 Å². The van der Waals surface area contributed by atoms with Gasteiger partial charge in [0.25, 0.3) is 0 Å². The van der Waals surface area contributed by atoms with Gasteiger partial charge in [0, 0.05) is 5.27 Å². The molecular formula is C4H2ClN4O2-. The highest BCUT2D eigenvalue weighted by Gasteiger charge is 2.05. The second-order valence-electron chi connectivity index (χ2n) is 1.54. The monoisotopic (exact) mass is 173 g/mol. The van der Waals surface area contributed by atoms with Crippen molar-refractivity contribution in [2.24, 2.45) is 0 Å². The van der Waals surface area contributed by atoms with E-state index in [1.54, 1.807) is 0 Å². The van der Waals surface area contributed by atoms with E-state index >= 15 is 0 Å². The molecule has 0 radical (unpaired) electrons. The maximum atomic E-state index is 4.47. The SMILES string of the molecule is [Cl-].c1nc(-c2conn2)no1. The maximum absolute atomic E-state index is 4.47. The van der Waals surface area contributed by atoms with E-state index < -0.39 is 0 Å². The van der Waals surface area contributed by atoms with Gasteiger partial charge in [0.05, 0.1) is 0 Å². The van der Waals surface area contributed by atoms with Crippen molar-refractivity contribution in [1.82, 2.24) is 20.5 Å². The predicted molar refractivity (Wildman–Crippen MR) is 27.6 cm³/mol. The quantitative estimate of drug-likeness (QED) is 0.461. The molecule has 0 fully saturated rings. The molecule has 2 heterocycles. The van der Waals surface area contributed by atoms with Crippen LogP contribution in [0.1, 0.15) is 0 Å². The van der Waals surface area contributed by atoms with E-state index in [4.69, 9.17) is 0 Å². The summed E-state index contributed by atoms with van der Waals surface area (Å²) in [4.78, 5) is 3.72. The van der Waals surface area contributed by atoms with Crippen LogP contribution in [-0.2, 0) is 0 Å². The molecule has 6 nitrogen and oxygen atoms in total. The van der Waals surface area contributed by atoms with E-state index in [1.165, 1.54) is 12.7 Å². The molecule has 0 atom stereocenters. The summed E-state index contributed by atoms with van der Waals surface area (Å²) in [5.41, 5.74) is 0.466. The summed E-state index contributed by atoms with van der Waals surface area (Å²) in [6, 6.07) is 0. The number of halogens is 1. The first-order valence-corrected chi connectivity index (χ1v) is 2.50. The van der Waals surface area contributed by atoms with Gasteiger partial charge in [-0.05, 0) is 0 Å². The molecule has 11 heavy (non-hydrogen) atoms. The molecule has 0 bridgehead atoms. The van der Waals surface area contributed by atoms with Gasteiger partial charge in [0.1, 0.15) is 0 Å². The van der Waals surface area contributed by atoms with Gasteiger partial charge >= 0.3 is 0 Å². The van der Waals surface area contributed by atoms with Gasteiger partial charge in [-0.3, -0.25) is 0 Å². The van der Waals surface area contributed by atoms with Gasteiger partial charge in [0.15, 0.2) is 12.0 Å². The molecule has 2 rings (SSSR count). The van der Waals surface area contributed by atoms with Gasteiger partial charge in [-0.25, -0.2) is 0 Å². The lowest BCUT2D eigenvalue weighted by Crippen LogP contribution is -3.00. The minimum Gasteiger partial charge on any atom is -1.00 e. The Kier molecular flexibility index (Phi) is 2.17. The minimum atomic E-state index is 0. The fourth-order valence-corrected chi connectivity index (χ4v) is 0.545. The number of hydrogen-bond acceptors (Lipinski definition) is 6. The van der Waals surface area contributed by atoms with Crippen molar-refractivity contribution in [3.8, 4) is 11.5 Å². The molecule has 2 aromatic rings. The van der Waals surface area contributed by atoms with Gasteiger partial charge in [-0.1, -0.05) is 5.16 Å². The first kappa shape index (κ1) is 7.67. The minimum absolute atomic E-state index is 0. The molecule has 0 aliphatic rings. The molecule has 0 spiro atoms. The Morgan fingerprint density at radius 2 is 2.18 bits per heavy atom. The van der Waals surface area contributed by atoms with E-state index in [9.17, 15) is 0 Å². The van der Waals surface area contributed by atoms with Crippen LogP contribution in [0.25, 0.3) is 11.5 Å². The third kappa shape index (κ3) is 1.35. The molecular weight excluding hydrogens is 172 g/mol. The highest BCUT2D eigenvalue weighted by Crippen LogP contribution is 2.07. The third-order valence-electron chi connectivity index (χ3n) is 0.950. The van der Waals surface area contributed by atoms with Gasteiger partial charge in [-0.2, -0.15) is 4.98 Å². The van der Waals surface area contributed by atoms with Crippen LogP contribution in [0.5, 0.6) is 0 Å². The summed E-state index contributed by atoms with van der Waals surface area (Å²) in [5.74, 6) is 0.376. The molecule has 0 aliphatic heterocycles. The Bertz CT molecular complexity index is 260. The molecule has 0 amide bonds. The Labute approximate surface area is 67.0 Å². The summed E-state index contributed by atoms with van der Waals surface area (Å²) < 4.78 is 8.92. The average Bonchev–Trinajstić information content (AvgIpc) is 2.59. The molecule has 0 N–H and O–H groups in total. The van der Waals surface area contributed by atoms with Crippen LogP contribution in [0.15, 0.2) is 21.7 Å². The van der Waals surface area contributed by atoms with E-state index in [-0.39, 0.29) is 12.4 Å². The first-order chi connectivity index (χ1) is 4.97. The van der Waals surface area contributed by atoms with Crippen LogP contribution in [0, 0.1) is 0 Å². The van der Waals surface area contributed by atoms with Crippen LogP contribution in [0.2, 0.25) is 0 Å². The molecule has 58 valence electrons. The smallest absolute Gasteiger partial charge is 0.226 e. The molecule has 2 aromatic heterocycles.